The third kappa shape index (κ3) is 4.48. The maximum atomic E-state index is 11.9. The van der Waals surface area contributed by atoms with E-state index in [1.807, 2.05) is 32.0 Å². The fraction of sp³-hybridized carbons (Fsp3) is 0.500. The zero-order valence-corrected chi connectivity index (χ0v) is 12.8. The van der Waals surface area contributed by atoms with Gasteiger partial charge in [0, 0.05) is 25.8 Å². The molecule has 114 valence electrons. The van der Waals surface area contributed by atoms with Crippen molar-refractivity contribution in [2.24, 2.45) is 5.92 Å². The molecule has 0 heterocycles. The van der Waals surface area contributed by atoms with Crippen LogP contribution in [-0.2, 0) is 9.53 Å². The molecule has 2 rings (SSSR count). The first kappa shape index (κ1) is 15.4. The van der Waals surface area contributed by atoms with Gasteiger partial charge in [0.1, 0.15) is 0 Å². The van der Waals surface area contributed by atoms with E-state index in [-0.39, 0.29) is 18.6 Å². The molecule has 0 bridgehead atoms. The monoisotopic (exact) mass is 290 g/mol. The average molecular weight is 290 g/mol. The third-order valence-corrected chi connectivity index (χ3v) is 3.65. The number of nitrogens with one attached hydrogen (secondary N) is 1. The largest absolute Gasteiger partial charge is 0.452 e. The van der Waals surface area contributed by atoms with Crippen LogP contribution in [0.25, 0.3) is 0 Å². The number of anilines is 1. The van der Waals surface area contributed by atoms with Crippen LogP contribution in [0.1, 0.15) is 30.1 Å². The highest BCUT2D eigenvalue weighted by molar-refractivity contribution is 5.92. The van der Waals surface area contributed by atoms with Crippen LogP contribution < -0.4 is 10.2 Å². The molecule has 5 nitrogen and oxygen atoms in total. The minimum Gasteiger partial charge on any atom is -0.452 e. The van der Waals surface area contributed by atoms with Gasteiger partial charge in [-0.15, -0.1) is 0 Å². The van der Waals surface area contributed by atoms with E-state index in [2.05, 4.69) is 5.32 Å². The van der Waals surface area contributed by atoms with Crippen LogP contribution in [-0.4, -0.2) is 38.6 Å². The van der Waals surface area contributed by atoms with Crippen molar-refractivity contribution in [3.05, 3.63) is 29.8 Å². The number of esters is 1. The second-order valence-corrected chi connectivity index (χ2v) is 5.71. The Bertz CT molecular complexity index is 524. The Morgan fingerprint density at radius 2 is 2.10 bits per heavy atom. The Balaban J connectivity index is 1.83. The molecule has 0 unspecified atom stereocenters. The molecular weight excluding hydrogens is 268 g/mol. The number of carbonyl (C=O) groups is 2. The van der Waals surface area contributed by atoms with E-state index in [1.165, 1.54) is 12.8 Å². The summed E-state index contributed by atoms with van der Waals surface area (Å²) in [5, 5.41) is 2.85. The molecule has 1 aliphatic carbocycles. The van der Waals surface area contributed by atoms with E-state index in [0.29, 0.717) is 11.5 Å². The average Bonchev–Trinajstić information content (AvgIpc) is 3.29. The van der Waals surface area contributed by atoms with E-state index >= 15 is 0 Å². The summed E-state index contributed by atoms with van der Waals surface area (Å²) in [6.07, 6.45) is 2.33. The smallest absolute Gasteiger partial charge is 0.338 e. The molecule has 1 aromatic carbocycles. The second kappa shape index (κ2) is 6.61. The van der Waals surface area contributed by atoms with Gasteiger partial charge in [-0.1, -0.05) is 6.07 Å². The van der Waals surface area contributed by atoms with E-state index < -0.39 is 5.97 Å². The van der Waals surface area contributed by atoms with Gasteiger partial charge in [-0.3, -0.25) is 4.79 Å². The number of ether oxygens (including phenoxy) is 1. The van der Waals surface area contributed by atoms with Crippen LogP contribution in [0.3, 0.4) is 0 Å². The molecule has 0 spiro atoms. The Labute approximate surface area is 125 Å². The van der Waals surface area contributed by atoms with Crippen LogP contribution in [0.4, 0.5) is 5.69 Å². The van der Waals surface area contributed by atoms with Crippen molar-refractivity contribution in [1.82, 2.24) is 5.32 Å². The molecule has 1 aliphatic rings. The molecular formula is C16H22N2O3. The van der Waals surface area contributed by atoms with E-state index in [1.54, 1.807) is 18.2 Å². The number of nitrogens with zero attached hydrogens (tertiary/aromatic N) is 1. The third-order valence-electron chi connectivity index (χ3n) is 3.65. The lowest BCUT2D eigenvalue weighted by Gasteiger charge is -2.14. The lowest BCUT2D eigenvalue weighted by molar-refractivity contribution is -0.124. The predicted molar refractivity (Wildman–Crippen MR) is 81.4 cm³/mol. The van der Waals surface area contributed by atoms with E-state index in [0.717, 1.165) is 5.69 Å². The van der Waals surface area contributed by atoms with Gasteiger partial charge in [0.15, 0.2) is 6.61 Å². The van der Waals surface area contributed by atoms with Gasteiger partial charge in [0.05, 0.1) is 5.56 Å². The fourth-order valence-electron chi connectivity index (χ4n) is 2.14. The molecule has 0 radical (unpaired) electrons. The minimum absolute atomic E-state index is 0.160. The van der Waals surface area contributed by atoms with Crippen LogP contribution in [0, 0.1) is 5.92 Å². The van der Waals surface area contributed by atoms with E-state index in [4.69, 9.17) is 4.74 Å². The highest BCUT2D eigenvalue weighted by Gasteiger charge is 2.29. The summed E-state index contributed by atoms with van der Waals surface area (Å²) >= 11 is 0. The quantitative estimate of drug-likeness (QED) is 0.812. The number of amides is 1. The maximum absolute atomic E-state index is 11.9. The number of rotatable bonds is 6. The van der Waals surface area contributed by atoms with Gasteiger partial charge in [-0.25, -0.2) is 4.79 Å². The summed E-state index contributed by atoms with van der Waals surface area (Å²) in [4.78, 5) is 25.5. The van der Waals surface area contributed by atoms with Gasteiger partial charge >= 0.3 is 5.97 Å². The Hall–Kier alpha value is -2.04. The topological polar surface area (TPSA) is 58.6 Å². The Kier molecular flexibility index (Phi) is 4.83. The second-order valence-electron chi connectivity index (χ2n) is 5.71. The summed E-state index contributed by atoms with van der Waals surface area (Å²) in [6.45, 7) is 1.75. The van der Waals surface area contributed by atoms with Gasteiger partial charge in [-0.05, 0) is 43.9 Å². The van der Waals surface area contributed by atoms with Gasteiger partial charge in [-0.2, -0.15) is 0 Å². The molecule has 1 atom stereocenters. The zero-order valence-electron chi connectivity index (χ0n) is 12.8. The summed E-state index contributed by atoms with van der Waals surface area (Å²) in [5.41, 5.74) is 1.36. The Morgan fingerprint density at radius 1 is 1.38 bits per heavy atom. The zero-order chi connectivity index (χ0) is 15.4. The normalized spacial score (nSPS) is 15.2. The number of hydrogen-bond donors (Lipinski definition) is 1. The summed E-state index contributed by atoms with van der Waals surface area (Å²) in [5.74, 6) is -0.138. The summed E-state index contributed by atoms with van der Waals surface area (Å²) in [7, 11) is 3.80. The fourth-order valence-corrected chi connectivity index (χ4v) is 2.14. The molecule has 1 amide bonds. The highest BCUT2D eigenvalue weighted by atomic mass is 16.5. The predicted octanol–water partition coefficient (Wildman–Crippen LogP) is 1.82. The number of hydrogen-bond acceptors (Lipinski definition) is 4. The van der Waals surface area contributed by atoms with Crippen molar-refractivity contribution < 1.29 is 14.3 Å². The molecule has 0 aromatic heterocycles. The summed E-state index contributed by atoms with van der Waals surface area (Å²) in [6, 6.07) is 7.28. The molecule has 1 fully saturated rings. The molecule has 5 heteroatoms. The van der Waals surface area contributed by atoms with Crippen molar-refractivity contribution in [1.29, 1.82) is 0 Å². The van der Waals surface area contributed by atoms with Crippen LogP contribution in [0.5, 0.6) is 0 Å². The van der Waals surface area contributed by atoms with Crippen LogP contribution in [0.15, 0.2) is 24.3 Å². The lowest BCUT2D eigenvalue weighted by Crippen LogP contribution is -2.37. The van der Waals surface area contributed by atoms with Crippen LogP contribution >= 0.6 is 0 Å². The first-order valence-corrected chi connectivity index (χ1v) is 7.21. The van der Waals surface area contributed by atoms with Crippen LogP contribution in [0.2, 0.25) is 0 Å². The van der Waals surface area contributed by atoms with E-state index in [9.17, 15) is 9.59 Å². The molecule has 0 saturated heterocycles. The molecule has 1 saturated carbocycles. The standard InChI is InChI=1S/C16H22N2O3/c1-11(12-7-8-12)17-15(19)10-21-16(20)13-5-4-6-14(9-13)18(2)3/h4-6,9,11-12H,7-8,10H2,1-3H3,(H,17,19)/t11-/m1/s1. The minimum atomic E-state index is -0.479. The van der Waals surface area contributed by atoms with Gasteiger partial charge < -0.3 is 15.0 Å². The molecule has 1 N–H and O–H groups in total. The van der Waals surface area contributed by atoms with Gasteiger partial charge in [0.25, 0.3) is 5.91 Å². The van der Waals surface area contributed by atoms with Crippen molar-refractivity contribution in [2.75, 3.05) is 25.6 Å². The highest BCUT2D eigenvalue weighted by Crippen LogP contribution is 2.32. The summed E-state index contributed by atoms with van der Waals surface area (Å²) < 4.78 is 5.06. The van der Waals surface area contributed by atoms with Gasteiger partial charge in [0.2, 0.25) is 0 Å². The molecule has 0 aliphatic heterocycles. The van der Waals surface area contributed by atoms with Crippen molar-refractivity contribution in [3.8, 4) is 0 Å². The molecule has 21 heavy (non-hydrogen) atoms. The molecule has 1 aromatic rings. The number of benzene rings is 1. The van der Waals surface area contributed by atoms with Crippen molar-refractivity contribution in [2.45, 2.75) is 25.8 Å². The Morgan fingerprint density at radius 3 is 2.71 bits per heavy atom. The van der Waals surface area contributed by atoms with Crippen molar-refractivity contribution >= 4 is 17.6 Å². The SMILES string of the molecule is C[C@@H](NC(=O)COC(=O)c1cccc(N(C)C)c1)C1CC1. The first-order valence-electron chi connectivity index (χ1n) is 7.21. The van der Waals surface area contributed by atoms with Crippen molar-refractivity contribution in [3.63, 3.8) is 0 Å². The maximum Gasteiger partial charge on any atom is 0.338 e. The lowest BCUT2D eigenvalue weighted by atomic mass is 10.2. The first-order chi connectivity index (χ1) is 9.97. The number of carbonyl (C=O) groups excluding carboxylic acids is 2.